The van der Waals surface area contributed by atoms with E-state index < -0.39 is 0 Å². The third kappa shape index (κ3) is 5.01. The first-order valence-electron chi connectivity index (χ1n) is 9.69. The van der Waals surface area contributed by atoms with Crippen LogP contribution in [0.3, 0.4) is 0 Å². The Balaban J connectivity index is 1.64. The largest absolute Gasteiger partial charge is 0.481 e. The van der Waals surface area contributed by atoms with Gasteiger partial charge in [-0.25, -0.2) is 19.9 Å². The van der Waals surface area contributed by atoms with E-state index in [0.29, 0.717) is 55.8 Å². The van der Waals surface area contributed by atoms with Crippen molar-refractivity contribution >= 4 is 23.4 Å². The molecule has 0 bridgehead atoms. The SMILES string of the molecule is COc1ccc(Nc2ncc(C(=O)N3CCOCC3)cc2Cc2ncnc(N)n2)cn1. The van der Waals surface area contributed by atoms with Crippen molar-refractivity contribution in [3.63, 3.8) is 0 Å². The second-order valence-electron chi connectivity index (χ2n) is 6.79. The number of carbonyl (C=O) groups excluding carboxylic acids is 1. The van der Waals surface area contributed by atoms with E-state index in [1.165, 1.54) is 6.33 Å². The number of rotatable bonds is 6. The molecule has 11 heteroatoms. The summed E-state index contributed by atoms with van der Waals surface area (Å²) >= 11 is 0. The van der Waals surface area contributed by atoms with E-state index in [1.807, 2.05) is 6.07 Å². The highest BCUT2D eigenvalue weighted by atomic mass is 16.5. The molecule has 1 amide bonds. The number of carbonyl (C=O) groups is 1. The Morgan fingerprint density at radius 3 is 2.74 bits per heavy atom. The van der Waals surface area contributed by atoms with Crippen molar-refractivity contribution in [3.8, 4) is 5.88 Å². The Labute approximate surface area is 178 Å². The number of aromatic nitrogens is 5. The quantitative estimate of drug-likeness (QED) is 0.592. The molecular weight excluding hydrogens is 400 g/mol. The number of anilines is 3. The Hall–Kier alpha value is -3.86. The fraction of sp³-hybridized carbons (Fsp3) is 0.300. The molecule has 0 radical (unpaired) electrons. The van der Waals surface area contributed by atoms with Gasteiger partial charge in [-0.3, -0.25) is 4.79 Å². The summed E-state index contributed by atoms with van der Waals surface area (Å²) in [5.74, 6) is 1.58. The molecule has 3 N–H and O–H groups in total. The van der Waals surface area contributed by atoms with E-state index in [4.69, 9.17) is 15.2 Å². The maximum Gasteiger partial charge on any atom is 0.255 e. The third-order valence-corrected chi connectivity index (χ3v) is 4.71. The average molecular weight is 422 g/mol. The van der Waals surface area contributed by atoms with E-state index in [-0.39, 0.29) is 11.9 Å². The molecule has 1 aliphatic rings. The van der Waals surface area contributed by atoms with E-state index >= 15 is 0 Å². The zero-order valence-corrected chi connectivity index (χ0v) is 17.0. The van der Waals surface area contributed by atoms with Gasteiger partial charge in [-0.05, 0) is 12.1 Å². The normalized spacial score (nSPS) is 13.6. The Bertz CT molecular complexity index is 1050. The summed E-state index contributed by atoms with van der Waals surface area (Å²) in [4.78, 5) is 35.5. The second-order valence-corrected chi connectivity index (χ2v) is 6.79. The zero-order valence-electron chi connectivity index (χ0n) is 17.0. The molecule has 3 aromatic heterocycles. The fourth-order valence-corrected chi connectivity index (χ4v) is 3.14. The van der Waals surface area contributed by atoms with Crippen LogP contribution >= 0.6 is 0 Å². The molecule has 0 aliphatic carbocycles. The van der Waals surface area contributed by atoms with E-state index in [9.17, 15) is 4.79 Å². The van der Waals surface area contributed by atoms with Gasteiger partial charge < -0.3 is 25.4 Å². The predicted octanol–water partition coefficient (Wildman–Crippen LogP) is 1.06. The van der Waals surface area contributed by atoms with Gasteiger partial charge >= 0.3 is 0 Å². The number of amides is 1. The molecule has 4 heterocycles. The summed E-state index contributed by atoms with van der Waals surface area (Å²) in [7, 11) is 1.56. The lowest BCUT2D eigenvalue weighted by Crippen LogP contribution is -2.40. The van der Waals surface area contributed by atoms with Crippen molar-refractivity contribution in [2.24, 2.45) is 0 Å². The Kier molecular flexibility index (Phi) is 6.13. The fourth-order valence-electron chi connectivity index (χ4n) is 3.14. The minimum atomic E-state index is -0.0927. The minimum absolute atomic E-state index is 0.0927. The van der Waals surface area contributed by atoms with Gasteiger partial charge in [-0.1, -0.05) is 0 Å². The lowest BCUT2D eigenvalue weighted by Gasteiger charge is -2.27. The second kappa shape index (κ2) is 9.30. The van der Waals surface area contributed by atoms with Crippen LogP contribution in [0.25, 0.3) is 0 Å². The number of nitrogens with two attached hydrogens (primary N) is 1. The number of nitrogens with zero attached hydrogens (tertiary/aromatic N) is 6. The van der Waals surface area contributed by atoms with Crippen molar-refractivity contribution in [2.75, 3.05) is 44.5 Å². The zero-order chi connectivity index (χ0) is 21.6. The van der Waals surface area contributed by atoms with Crippen LogP contribution in [0, 0.1) is 0 Å². The summed E-state index contributed by atoms with van der Waals surface area (Å²) in [5.41, 5.74) is 7.63. The molecule has 1 aliphatic heterocycles. The molecule has 1 saturated heterocycles. The molecule has 0 spiro atoms. The summed E-state index contributed by atoms with van der Waals surface area (Å²) in [6, 6.07) is 5.36. The first-order chi connectivity index (χ1) is 15.1. The van der Waals surface area contributed by atoms with E-state index in [2.05, 4.69) is 30.2 Å². The summed E-state index contributed by atoms with van der Waals surface area (Å²) in [5, 5.41) is 3.23. The van der Waals surface area contributed by atoms with Gasteiger partial charge in [0.2, 0.25) is 11.8 Å². The molecule has 160 valence electrons. The molecule has 31 heavy (non-hydrogen) atoms. The lowest BCUT2D eigenvalue weighted by molar-refractivity contribution is 0.0302. The van der Waals surface area contributed by atoms with Crippen molar-refractivity contribution in [3.05, 3.63) is 53.9 Å². The van der Waals surface area contributed by atoms with E-state index in [0.717, 1.165) is 11.3 Å². The first-order valence-corrected chi connectivity index (χ1v) is 9.69. The molecule has 4 rings (SSSR count). The molecule has 1 fully saturated rings. The van der Waals surface area contributed by atoms with Crippen LogP contribution in [0.15, 0.2) is 36.9 Å². The highest BCUT2D eigenvalue weighted by molar-refractivity contribution is 5.94. The van der Waals surface area contributed by atoms with Gasteiger partial charge in [0.1, 0.15) is 18.0 Å². The van der Waals surface area contributed by atoms with Gasteiger partial charge in [-0.15, -0.1) is 0 Å². The third-order valence-electron chi connectivity index (χ3n) is 4.71. The van der Waals surface area contributed by atoms with Crippen LogP contribution in [-0.4, -0.2) is 69.1 Å². The van der Waals surface area contributed by atoms with Crippen LogP contribution in [0.1, 0.15) is 21.7 Å². The predicted molar refractivity (Wildman–Crippen MR) is 112 cm³/mol. The average Bonchev–Trinajstić information content (AvgIpc) is 2.81. The lowest BCUT2D eigenvalue weighted by atomic mass is 10.1. The van der Waals surface area contributed by atoms with Crippen molar-refractivity contribution < 1.29 is 14.3 Å². The van der Waals surface area contributed by atoms with Crippen molar-refractivity contribution in [2.45, 2.75) is 6.42 Å². The molecular formula is C20H22N8O3. The van der Waals surface area contributed by atoms with Crippen LogP contribution in [0.2, 0.25) is 0 Å². The Morgan fingerprint density at radius 1 is 1.19 bits per heavy atom. The highest BCUT2D eigenvalue weighted by Crippen LogP contribution is 2.23. The standard InChI is InChI=1S/C20H22N8O3/c1-30-17-3-2-15(11-22-17)26-18-13(9-16-24-12-25-20(21)27-16)8-14(10-23-18)19(29)28-4-6-31-7-5-28/h2-3,8,10-12H,4-7,9H2,1H3,(H,23,26)(H2,21,24,25,27). The molecule has 0 saturated carbocycles. The van der Waals surface area contributed by atoms with Gasteiger partial charge in [0, 0.05) is 37.3 Å². The smallest absolute Gasteiger partial charge is 0.255 e. The highest BCUT2D eigenvalue weighted by Gasteiger charge is 2.20. The number of morpholine rings is 1. The van der Waals surface area contributed by atoms with Crippen LogP contribution in [0.5, 0.6) is 5.88 Å². The van der Waals surface area contributed by atoms with Crippen LogP contribution in [0.4, 0.5) is 17.5 Å². The van der Waals surface area contributed by atoms with Crippen LogP contribution in [-0.2, 0) is 11.2 Å². The molecule has 11 nitrogen and oxygen atoms in total. The van der Waals surface area contributed by atoms with Gasteiger partial charge in [0.05, 0.1) is 37.8 Å². The number of hydrogen-bond donors (Lipinski definition) is 2. The number of hydrogen-bond acceptors (Lipinski definition) is 10. The summed E-state index contributed by atoms with van der Waals surface area (Å²) < 4.78 is 10.4. The topological polar surface area (TPSA) is 141 Å². The minimum Gasteiger partial charge on any atom is -0.481 e. The first kappa shape index (κ1) is 20.4. The molecule has 3 aromatic rings. The number of nitrogen functional groups attached to an aromatic ring is 1. The maximum atomic E-state index is 12.9. The molecule has 0 aromatic carbocycles. The summed E-state index contributed by atoms with van der Waals surface area (Å²) in [6.07, 6.45) is 4.87. The van der Waals surface area contributed by atoms with Crippen LogP contribution < -0.4 is 15.8 Å². The van der Waals surface area contributed by atoms with Gasteiger partial charge in [-0.2, -0.15) is 4.98 Å². The number of ether oxygens (including phenoxy) is 2. The van der Waals surface area contributed by atoms with Crippen molar-refractivity contribution in [1.29, 1.82) is 0 Å². The van der Waals surface area contributed by atoms with Gasteiger partial charge in [0.25, 0.3) is 5.91 Å². The van der Waals surface area contributed by atoms with E-state index in [1.54, 1.807) is 36.5 Å². The summed E-state index contributed by atoms with van der Waals surface area (Å²) in [6.45, 7) is 2.16. The monoisotopic (exact) mass is 422 g/mol. The number of pyridine rings is 2. The van der Waals surface area contributed by atoms with Gasteiger partial charge in [0.15, 0.2) is 0 Å². The molecule has 0 unspecified atom stereocenters. The Morgan fingerprint density at radius 2 is 2.03 bits per heavy atom. The molecule has 0 atom stereocenters. The number of nitrogens with one attached hydrogen (secondary N) is 1. The maximum absolute atomic E-state index is 12.9. The number of methoxy groups -OCH3 is 1. The van der Waals surface area contributed by atoms with Crippen molar-refractivity contribution in [1.82, 2.24) is 29.8 Å².